The van der Waals surface area contributed by atoms with Gasteiger partial charge >= 0.3 is 6.03 Å². The summed E-state index contributed by atoms with van der Waals surface area (Å²) in [5.74, 6) is 0.841. The molecule has 124 valence electrons. The van der Waals surface area contributed by atoms with Gasteiger partial charge in [0, 0.05) is 36.6 Å². The number of carbonyl (C=O) groups is 1. The summed E-state index contributed by atoms with van der Waals surface area (Å²) in [5.41, 5.74) is 1.05. The van der Waals surface area contributed by atoms with Crippen LogP contribution in [0.3, 0.4) is 0 Å². The number of hydrogen-bond acceptors (Lipinski definition) is 4. The number of carbonyl (C=O) groups excluding carboxylic acids is 1. The number of urea groups is 1. The Morgan fingerprint density at radius 3 is 3.05 bits per heavy atom. The third-order valence-electron chi connectivity index (χ3n) is 4.23. The number of likely N-dealkylation sites (tertiary alicyclic amines) is 1. The molecule has 2 N–H and O–H groups in total. The van der Waals surface area contributed by atoms with Crippen LogP contribution in [0.4, 0.5) is 4.79 Å². The van der Waals surface area contributed by atoms with Crippen LogP contribution in [0, 0.1) is 12.8 Å². The van der Waals surface area contributed by atoms with Gasteiger partial charge in [-0.2, -0.15) is 0 Å². The summed E-state index contributed by atoms with van der Waals surface area (Å²) in [4.78, 5) is 18.9. The second-order valence-corrected chi connectivity index (χ2v) is 7.11. The van der Waals surface area contributed by atoms with E-state index in [-0.39, 0.29) is 11.9 Å². The summed E-state index contributed by atoms with van der Waals surface area (Å²) in [5, 5.41) is 9.11. The fourth-order valence-electron chi connectivity index (χ4n) is 2.84. The van der Waals surface area contributed by atoms with Gasteiger partial charge in [-0.3, -0.25) is 0 Å². The van der Waals surface area contributed by atoms with Crippen LogP contribution < -0.4 is 10.6 Å². The second-order valence-electron chi connectivity index (χ2n) is 6.22. The number of aromatic nitrogens is 1. The van der Waals surface area contributed by atoms with Gasteiger partial charge in [0.15, 0.2) is 0 Å². The highest BCUT2D eigenvalue weighted by Gasteiger charge is 2.19. The summed E-state index contributed by atoms with van der Waals surface area (Å²) in [6, 6.07) is -0.0613. The monoisotopic (exact) mass is 324 g/mol. The molecule has 5 nitrogen and oxygen atoms in total. The van der Waals surface area contributed by atoms with E-state index in [2.05, 4.69) is 39.7 Å². The molecule has 6 heteroatoms. The van der Waals surface area contributed by atoms with Crippen molar-refractivity contribution in [1.82, 2.24) is 20.5 Å². The maximum Gasteiger partial charge on any atom is 0.314 e. The molecule has 2 atom stereocenters. The van der Waals surface area contributed by atoms with E-state index >= 15 is 0 Å². The lowest BCUT2D eigenvalue weighted by Crippen LogP contribution is -2.44. The highest BCUT2D eigenvalue weighted by Crippen LogP contribution is 2.19. The van der Waals surface area contributed by atoms with E-state index in [0.717, 1.165) is 30.3 Å². The standard InChI is InChI=1S/C16H28N4OS/c1-4-20-7-5-6-14(10-20)9-18-16(21)17-8-12(2)15-19-13(3)11-22-15/h11-12,14H,4-10H2,1-3H3,(H2,17,18,21). The number of hydrogen-bond donors (Lipinski definition) is 2. The van der Waals surface area contributed by atoms with Gasteiger partial charge in [0.2, 0.25) is 0 Å². The highest BCUT2D eigenvalue weighted by molar-refractivity contribution is 7.09. The Hall–Kier alpha value is -1.14. The van der Waals surface area contributed by atoms with Crippen LogP contribution in [0.25, 0.3) is 0 Å². The van der Waals surface area contributed by atoms with Crippen molar-refractivity contribution in [2.75, 3.05) is 32.7 Å². The van der Waals surface area contributed by atoms with Crippen molar-refractivity contribution >= 4 is 17.4 Å². The number of piperidine rings is 1. The molecule has 0 radical (unpaired) electrons. The Labute approximate surface area is 137 Å². The minimum absolute atomic E-state index is 0.0613. The van der Waals surface area contributed by atoms with Crippen molar-refractivity contribution in [3.05, 3.63) is 16.1 Å². The van der Waals surface area contributed by atoms with Crippen molar-refractivity contribution in [3.63, 3.8) is 0 Å². The molecule has 0 spiro atoms. The average molecular weight is 324 g/mol. The fourth-order valence-corrected chi connectivity index (χ4v) is 3.69. The van der Waals surface area contributed by atoms with E-state index in [9.17, 15) is 4.79 Å². The lowest BCUT2D eigenvalue weighted by atomic mass is 9.98. The molecule has 0 aromatic carbocycles. The zero-order chi connectivity index (χ0) is 15.9. The molecule has 1 fully saturated rings. The summed E-state index contributed by atoms with van der Waals surface area (Å²) in [7, 11) is 0. The van der Waals surface area contributed by atoms with E-state index < -0.39 is 0 Å². The zero-order valence-electron chi connectivity index (χ0n) is 13.9. The Balaban J connectivity index is 1.65. The minimum Gasteiger partial charge on any atom is -0.338 e. The van der Waals surface area contributed by atoms with Crippen molar-refractivity contribution in [3.8, 4) is 0 Å². The number of amides is 2. The molecule has 0 bridgehead atoms. The third kappa shape index (κ3) is 5.25. The quantitative estimate of drug-likeness (QED) is 0.845. The van der Waals surface area contributed by atoms with Gasteiger partial charge in [-0.1, -0.05) is 13.8 Å². The van der Waals surface area contributed by atoms with Crippen LogP contribution in [-0.2, 0) is 0 Å². The Kier molecular flexibility index (Phi) is 6.64. The van der Waals surface area contributed by atoms with Crippen molar-refractivity contribution < 1.29 is 4.79 Å². The Morgan fingerprint density at radius 1 is 1.55 bits per heavy atom. The van der Waals surface area contributed by atoms with E-state index in [0.29, 0.717) is 12.5 Å². The van der Waals surface area contributed by atoms with Gasteiger partial charge in [0.05, 0.1) is 5.01 Å². The smallest absolute Gasteiger partial charge is 0.314 e. The second kappa shape index (κ2) is 8.48. The molecular formula is C16H28N4OS. The first-order valence-electron chi connectivity index (χ1n) is 8.24. The predicted molar refractivity (Wildman–Crippen MR) is 91.5 cm³/mol. The lowest BCUT2D eigenvalue weighted by Gasteiger charge is -2.31. The molecule has 2 amide bonds. The molecule has 1 saturated heterocycles. The Morgan fingerprint density at radius 2 is 2.36 bits per heavy atom. The van der Waals surface area contributed by atoms with Gasteiger partial charge in [0.25, 0.3) is 0 Å². The molecular weight excluding hydrogens is 296 g/mol. The van der Waals surface area contributed by atoms with Crippen molar-refractivity contribution in [2.24, 2.45) is 5.92 Å². The molecule has 1 aromatic heterocycles. The van der Waals surface area contributed by atoms with E-state index in [1.165, 1.54) is 19.4 Å². The number of aryl methyl sites for hydroxylation is 1. The first-order chi connectivity index (χ1) is 10.6. The first kappa shape index (κ1) is 17.2. The van der Waals surface area contributed by atoms with E-state index in [1.54, 1.807) is 11.3 Å². The third-order valence-corrected chi connectivity index (χ3v) is 5.42. The molecule has 2 unspecified atom stereocenters. The Bertz CT molecular complexity index is 476. The van der Waals surface area contributed by atoms with Gasteiger partial charge in [0.1, 0.15) is 0 Å². The van der Waals surface area contributed by atoms with E-state index in [1.807, 2.05) is 6.92 Å². The molecule has 1 aromatic rings. The topological polar surface area (TPSA) is 57.3 Å². The molecule has 2 heterocycles. The zero-order valence-corrected chi connectivity index (χ0v) is 14.7. The predicted octanol–water partition coefficient (Wildman–Crippen LogP) is 2.59. The van der Waals surface area contributed by atoms with Crippen LogP contribution >= 0.6 is 11.3 Å². The largest absolute Gasteiger partial charge is 0.338 e. The van der Waals surface area contributed by atoms with E-state index in [4.69, 9.17) is 0 Å². The van der Waals surface area contributed by atoms with Gasteiger partial charge in [-0.25, -0.2) is 9.78 Å². The van der Waals surface area contributed by atoms with Gasteiger partial charge in [-0.15, -0.1) is 11.3 Å². The van der Waals surface area contributed by atoms with Gasteiger partial charge < -0.3 is 15.5 Å². The van der Waals surface area contributed by atoms with Crippen molar-refractivity contribution in [1.29, 1.82) is 0 Å². The summed E-state index contributed by atoms with van der Waals surface area (Å²) in [6.45, 7) is 11.1. The first-order valence-corrected chi connectivity index (χ1v) is 9.12. The van der Waals surface area contributed by atoms with Gasteiger partial charge in [-0.05, 0) is 38.8 Å². The van der Waals surface area contributed by atoms with Crippen molar-refractivity contribution in [2.45, 2.75) is 39.5 Å². The maximum atomic E-state index is 11.9. The number of thiazole rings is 1. The highest BCUT2D eigenvalue weighted by atomic mass is 32.1. The lowest BCUT2D eigenvalue weighted by molar-refractivity contribution is 0.179. The summed E-state index contributed by atoms with van der Waals surface area (Å²) < 4.78 is 0. The van der Waals surface area contributed by atoms with Crippen LogP contribution in [0.15, 0.2) is 5.38 Å². The minimum atomic E-state index is -0.0613. The molecule has 0 saturated carbocycles. The molecule has 2 rings (SSSR count). The molecule has 1 aliphatic heterocycles. The number of nitrogens with zero attached hydrogens (tertiary/aromatic N) is 2. The number of rotatable bonds is 6. The fraction of sp³-hybridized carbons (Fsp3) is 0.750. The molecule has 1 aliphatic rings. The SMILES string of the molecule is CCN1CCCC(CNC(=O)NCC(C)c2nc(C)cs2)C1. The van der Waals surface area contributed by atoms with Crippen LogP contribution in [0.2, 0.25) is 0 Å². The summed E-state index contributed by atoms with van der Waals surface area (Å²) in [6.07, 6.45) is 2.45. The maximum absolute atomic E-state index is 11.9. The summed E-state index contributed by atoms with van der Waals surface area (Å²) >= 11 is 1.66. The van der Waals surface area contributed by atoms with Crippen LogP contribution in [-0.4, -0.2) is 48.6 Å². The van der Waals surface area contributed by atoms with Crippen LogP contribution in [0.5, 0.6) is 0 Å². The molecule has 22 heavy (non-hydrogen) atoms. The normalized spacial score (nSPS) is 20.6. The van der Waals surface area contributed by atoms with Crippen LogP contribution in [0.1, 0.15) is 43.3 Å². The average Bonchev–Trinajstić information content (AvgIpc) is 2.97. The number of nitrogens with one attached hydrogen (secondary N) is 2. The molecule has 0 aliphatic carbocycles.